The lowest BCUT2D eigenvalue weighted by Crippen LogP contribution is -2.59. The first-order valence-corrected chi connectivity index (χ1v) is 17.8. The molecule has 12 heteroatoms. The van der Waals surface area contributed by atoms with Crippen LogP contribution < -0.4 is 32.3 Å². The minimum absolute atomic E-state index is 0.122. The van der Waals surface area contributed by atoms with Gasteiger partial charge in [0.1, 0.15) is 18.1 Å². The molecule has 0 aliphatic carbocycles. The minimum atomic E-state index is -0.926. The predicted octanol–water partition coefficient (Wildman–Crippen LogP) is 3.71. The zero-order valence-corrected chi connectivity index (χ0v) is 31.0. The van der Waals surface area contributed by atoms with Gasteiger partial charge in [0.25, 0.3) is 0 Å². The minimum Gasteiger partial charge on any atom is -0.350 e. The van der Waals surface area contributed by atoms with Crippen LogP contribution in [0, 0.1) is 23.7 Å². The summed E-state index contributed by atoms with van der Waals surface area (Å²) in [7, 11) is 0. The van der Waals surface area contributed by atoms with E-state index < -0.39 is 47.9 Å². The van der Waals surface area contributed by atoms with E-state index in [-0.39, 0.29) is 48.3 Å². The SMILES string of the molecule is CC[C@H](C)[C@H](NC(=O)C[C@H](N)[C@H](Cc1ccccc1)NC(=O)[C@@H](NC(=O)[C@H](CC(C)C)NC(=O)CC(C)C)C(C)C)C(=O)Nc1cccnc1. The Bertz CT molecular complexity index is 1370. The fraction of sp³-hybridized carbons (Fsp3) is 0.579. The summed E-state index contributed by atoms with van der Waals surface area (Å²) in [5, 5.41) is 14.4. The molecule has 1 heterocycles. The van der Waals surface area contributed by atoms with Gasteiger partial charge in [0.15, 0.2) is 0 Å². The molecule has 0 aliphatic rings. The maximum Gasteiger partial charge on any atom is 0.247 e. The number of carbonyl (C=O) groups is 5. The van der Waals surface area contributed by atoms with E-state index in [1.54, 1.807) is 18.3 Å². The zero-order chi connectivity index (χ0) is 37.4. The number of hydrogen-bond donors (Lipinski definition) is 6. The van der Waals surface area contributed by atoms with Crippen molar-refractivity contribution in [2.75, 3.05) is 5.32 Å². The van der Waals surface area contributed by atoms with Crippen molar-refractivity contribution in [1.82, 2.24) is 26.3 Å². The van der Waals surface area contributed by atoms with Crippen LogP contribution in [0.5, 0.6) is 0 Å². The van der Waals surface area contributed by atoms with E-state index in [2.05, 4.69) is 31.6 Å². The summed E-state index contributed by atoms with van der Waals surface area (Å²) in [6.45, 7) is 15.3. The van der Waals surface area contributed by atoms with Crippen molar-refractivity contribution in [2.45, 2.75) is 118 Å². The number of amides is 5. The standard InChI is InChI=1S/C38H59N7O5/c1-9-26(8)35(38(50)41-28-16-13-17-40-22-28)44-33(47)21-29(39)30(20-27-14-11-10-12-15-27)43-37(49)34(25(6)7)45-36(48)31(18-23(2)3)42-32(46)19-24(4)5/h10-17,22-26,29-31,34-35H,9,18-21,39H2,1-8H3,(H,41,50)(H,42,46)(H,43,49)(H,44,47)(H,45,48)/t26-,29-,30-,31-,34-,35-/m0/s1. The molecule has 7 N–H and O–H groups in total. The number of rotatable bonds is 20. The summed E-state index contributed by atoms with van der Waals surface area (Å²) in [5.41, 5.74) is 8.07. The van der Waals surface area contributed by atoms with Crippen molar-refractivity contribution >= 4 is 35.2 Å². The van der Waals surface area contributed by atoms with Gasteiger partial charge in [0.2, 0.25) is 29.5 Å². The van der Waals surface area contributed by atoms with Crippen LogP contribution in [0.15, 0.2) is 54.9 Å². The quantitative estimate of drug-likeness (QED) is 0.122. The van der Waals surface area contributed by atoms with Gasteiger partial charge in [-0.15, -0.1) is 0 Å². The summed E-state index contributed by atoms with van der Waals surface area (Å²) in [5.74, 6) is -2.11. The molecule has 12 nitrogen and oxygen atoms in total. The van der Waals surface area contributed by atoms with Crippen molar-refractivity contribution < 1.29 is 24.0 Å². The summed E-state index contributed by atoms with van der Waals surface area (Å²) in [6.07, 6.45) is 4.64. The van der Waals surface area contributed by atoms with Crippen LogP contribution in [0.3, 0.4) is 0 Å². The van der Waals surface area contributed by atoms with Gasteiger partial charge in [0, 0.05) is 31.1 Å². The maximum atomic E-state index is 13.9. The first-order chi connectivity index (χ1) is 23.6. The highest BCUT2D eigenvalue weighted by Crippen LogP contribution is 2.15. The molecule has 50 heavy (non-hydrogen) atoms. The van der Waals surface area contributed by atoms with Crippen LogP contribution >= 0.6 is 0 Å². The Morgan fingerprint density at radius 2 is 1.38 bits per heavy atom. The molecule has 276 valence electrons. The molecule has 0 radical (unpaired) electrons. The molecule has 0 spiro atoms. The molecule has 2 rings (SSSR count). The molecule has 5 amide bonds. The average molecular weight is 694 g/mol. The lowest BCUT2D eigenvalue weighted by Gasteiger charge is -2.31. The Hall–Kier alpha value is -4.32. The molecular weight excluding hydrogens is 634 g/mol. The molecule has 0 saturated heterocycles. The van der Waals surface area contributed by atoms with Crippen LogP contribution in [0.1, 0.15) is 86.6 Å². The van der Waals surface area contributed by atoms with Crippen molar-refractivity contribution in [3.63, 3.8) is 0 Å². The van der Waals surface area contributed by atoms with E-state index in [4.69, 9.17) is 5.73 Å². The molecule has 1 aromatic carbocycles. The Balaban J connectivity index is 2.23. The number of nitrogens with one attached hydrogen (secondary N) is 5. The molecule has 1 aromatic heterocycles. The fourth-order valence-corrected chi connectivity index (χ4v) is 5.51. The fourth-order valence-electron chi connectivity index (χ4n) is 5.51. The third-order valence-electron chi connectivity index (χ3n) is 8.50. The number of anilines is 1. The van der Waals surface area contributed by atoms with E-state index in [0.29, 0.717) is 24.9 Å². The van der Waals surface area contributed by atoms with E-state index in [0.717, 1.165) is 5.56 Å². The normalized spacial score (nSPS) is 15.0. The summed E-state index contributed by atoms with van der Waals surface area (Å²) < 4.78 is 0. The second kappa shape index (κ2) is 21.0. The summed E-state index contributed by atoms with van der Waals surface area (Å²) in [6, 6.07) is 8.83. The smallest absolute Gasteiger partial charge is 0.247 e. The third-order valence-corrected chi connectivity index (χ3v) is 8.50. The first kappa shape index (κ1) is 41.8. The van der Waals surface area contributed by atoms with Crippen LogP contribution in [-0.2, 0) is 30.4 Å². The van der Waals surface area contributed by atoms with Crippen LogP contribution in [0.4, 0.5) is 5.69 Å². The average Bonchev–Trinajstić information content (AvgIpc) is 3.05. The first-order valence-electron chi connectivity index (χ1n) is 17.8. The zero-order valence-electron chi connectivity index (χ0n) is 31.0. The molecular formula is C38H59N7O5. The Morgan fingerprint density at radius 1 is 0.720 bits per heavy atom. The Morgan fingerprint density at radius 3 is 1.94 bits per heavy atom. The third kappa shape index (κ3) is 14.7. The number of hydrogen-bond acceptors (Lipinski definition) is 7. The Kier molecular flexibility index (Phi) is 17.6. The second-order valence-corrected chi connectivity index (χ2v) is 14.4. The number of nitrogens with zero attached hydrogens (tertiary/aromatic N) is 1. The lowest BCUT2D eigenvalue weighted by atomic mass is 9.94. The highest BCUT2D eigenvalue weighted by molar-refractivity contribution is 5.97. The Labute approximate surface area is 297 Å². The molecule has 0 unspecified atom stereocenters. The lowest BCUT2D eigenvalue weighted by molar-refractivity contribution is -0.133. The monoisotopic (exact) mass is 693 g/mol. The highest BCUT2D eigenvalue weighted by atomic mass is 16.2. The highest BCUT2D eigenvalue weighted by Gasteiger charge is 2.33. The molecule has 0 fully saturated rings. The molecule has 2 aromatic rings. The van der Waals surface area contributed by atoms with Crippen LogP contribution in [0.2, 0.25) is 0 Å². The molecule has 0 aliphatic heterocycles. The van der Waals surface area contributed by atoms with Crippen molar-refractivity contribution in [3.8, 4) is 0 Å². The van der Waals surface area contributed by atoms with E-state index in [1.807, 2.05) is 85.7 Å². The van der Waals surface area contributed by atoms with Gasteiger partial charge in [-0.25, -0.2) is 0 Å². The number of pyridine rings is 1. The number of benzene rings is 1. The summed E-state index contributed by atoms with van der Waals surface area (Å²) in [4.78, 5) is 70.6. The van der Waals surface area contributed by atoms with Crippen LogP contribution in [-0.4, -0.2) is 64.7 Å². The van der Waals surface area contributed by atoms with Crippen molar-refractivity contribution in [1.29, 1.82) is 0 Å². The molecule has 6 atom stereocenters. The number of aromatic nitrogens is 1. The summed E-state index contributed by atoms with van der Waals surface area (Å²) >= 11 is 0. The molecule has 0 saturated carbocycles. The van der Waals surface area contributed by atoms with Gasteiger partial charge < -0.3 is 32.3 Å². The predicted molar refractivity (Wildman–Crippen MR) is 197 cm³/mol. The largest absolute Gasteiger partial charge is 0.350 e. The topological polar surface area (TPSA) is 184 Å². The van der Waals surface area contributed by atoms with E-state index >= 15 is 0 Å². The maximum absolute atomic E-state index is 13.9. The second-order valence-electron chi connectivity index (χ2n) is 14.4. The van der Waals surface area contributed by atoms with Gasteiger partial charge in [-0.3, -0.25) is 29.0 Å². The van der Waals surface area contributed by atoms with Gasteiger partial charge in [-0.05, 0) is 54.2 Å². The van der Waals surface area contributed by atoms with Gasteiger partial charge in [-0.1, -0.05) is 92.1 Å². The van der Waals surface area contributed by atoms with Gasteiger partial charge in [-0.2, -0.15) is 0 Å². The number of carbonyl (C=O) groups excluding carboxylic acids is 5. The van der Waals surface area contributed by atoms with Crippen molar-refractivity contribution in [2.24, 2.45) is 29.4 Å². The van der Waals surface area contributed by atoms with Crippen molar-refractivity contribution in [3.05, 3.63) is 60.4 Å². The number of nitrogens with two attached hydrogens (primary N) is 1. The van der Waals surface area contributed by atoms with Gasteiger partial charge in [0.05, 0.1) is 11.9 Å². The van der Waals surface area contributed by atoms with E-state index in [1.165, 1.54) is 6.20 Å². The van der Waals surface area contributed by atoms with Crippen LogP contribution in [0.25, 0.3) is 0 Å². The van der Waals surface area contributed by atoms with E-state index in [9.17, 15) is 24.0 Å². The van der Waals surface area contributed by atoms with Gasteiger partial charge >= 0.3 is 0 Å². The molecule has 0 bridgehead atoms.